The summed E-state index contributed by atoms with van der Waals surface area (Å²) >= 11 is 0. The number of hydrogen-bond acceptors (Lipinski definition) is 13. The molecular formula is C63H77F2N11O5. The summed E-state index contributed by atoms with van der Waals surface area (Å²) in [4.78, 5) is 68.1. The number of carbonyl (C=O) groups is 3. The molecule has 18 heteroatoms. The average Bonchev–Trinajstić information content (AvgIpc) is 4.27. The van der Waals surface area contributed by atoms with Crippen LogP contribution >= 0.6 is 0 Å². The second-order valence-corrected chi connectivity index (χ2v) is 23.7. The molecule has 2 aromatic heterocycles. The van der Waals surface area contributed by atoms with Crippen LogP contribution in [0.3, 0.4) is 0 Å². The van der Waals surface area contributed by atoms with Gasteiger partial charge in [-0.3, -0.25) is 24.4 Å². The van der Waals surface area contributed by atoms with Crippen molar-refractivity contribution >= 4 is 57.0 Å². The average molecular weight is 1110 g/mol. The number of phenols is 1. The lowest BCUT2D eigenvalue weighted by Gasteiger charge is -2.35. The Hall–Kier alpha value is -7.07. The number of carbonyl (C=O) groups excluding carboxylic acids is 3. The lowest BCUT2D eigenvalue weighted by atomic mass is 9.85. The maximum Gasteiger partial charge on any atom is 0.319 e. The molecule has 7 heterocycles. The number of allylic oxidation sites excluding steroid dienone is 2. The summed E-state index contributed by atoms with van der Waals surface area (Å²) in [5, 5.41) is 21.6. The summed E-state index contributed by atoms with van der Waals surface area (Å²) in [6, 6.07) is 13.0. The van der Waals surface area contributed by atoms with Gasteiger partial charge in [-0.25, -0.2) is 8.78 Å². The maximum absolute atomic E-state index is 17.0. The number of halogens is 2. The quantitative estimate of drug-likeness (QED) is 0.0407. The van der Waals surface area contributed by atoms with E-state index in [-0.39, 0.29) is 57.2 Å². The first-order valence-electron chi connectivity index (χ1n) is 29.2. The van der Waals surface area contributed by atoms with Crippen LogP contribution in [-0.4, -0.2) is 148 Å². The Balaban J connectivity index is 0.644. The fourth-order valence-corrected chi connectivity index (χ4v) is 12.4. The Kier molecular flexibility index (Phi) is 17.9. The van der Waals surface area contributed by atoms with E-state index in [1.165, 1.54) is 29.8 Å². The summed E-state index contributed by atoms with van der Waals surface area (Å²) < 4.78 is 38.2. The van der Waals surface area contributed by atoms with Gasteiger partial charge in [0, 0.05) is 113 Å². The Morgan fingerprint density at radius 1 is 0.901 bits per heavy atom. The third-order valence-corrected chi connectivity index (χ3v) is 16.8. The molecule has 428 valence electrons. The maximum atomic E-state index is 17.0. The van der Waals surface area contributed by atoms with Crippen LogP contribution in [-0.2, 0) is 20.9 Å². The molecule has 5 aliphatic heterocycles. The number of nitrogens with one attached hydrogen (secondary N) is 3. The summed E-state index contributed by atoms with van der Waals surface area (Å²) in [5.41, 5.74) is 3.84. The van der Waals surface area contributed by atoms with E-state index in [9.17, 15) is 19.5 Å². The van der Waals surface area contributed by atoms with Crippen LogP contribution in [0.1, 0.15) is 121 Å². The van der Waals surface area contributed by atoms with Crippen molar-refractivity contribution in [3.8, 4) is 35.4 Å². The van der Waals surface area contributed by atoms with Crippen LogP contribution in [0.4, 0.5) is 14.6 Å². The van der Waals surface area contributed by atoms with Crippen molar-refractivity contribution in [2.75, 3.05) is 70.4 Å². The van der Waals surface area contributed by atoms with Crippen molar-refractivity contribution < 1.29 is 33.0 Å². The van der Waals surface area contributed by atoms with E-state index in [4.69, 9.17) is 16.1 Å². The molecule has 3 unspecified atom stereocenters. The molecule has 5 aromatic rings. The number of fused-ring (bicyclic) bond motifs is 4. The zero-order valence-corrected chi connectivity index (χ0v) is 47.3. The first kappa shape index (κ1) is 57.2. The number of hydrogen-bond donors (Lipinski definition) is 4. The number of aromatic nitrogens is 3. The molecule has 5 aliphatic rings. The van der Waals surface area contributed by atoms with Crippen molar-refractivity contribution in [2.45, 2.75) is 135 Å². The summed E-state index contributed by atoms with van der Waals surface area (Å²) in [7, 11) is 0. The number of terminal acetylenes is 1. The monoisotopic (exact) mass is 1110 g/mol. The van der Waals surface area contributed by atoms with Gasteiger partial charge in [-0.2, -0.15) is 9.97 Å². The molecule has 16 nitrogen and oxygen atoms in total. The number of amides is 3. The van der Waals surface area contributed by atoms with Crippen molar-refractivity contribution in [2.24, 2.45) is 10.4 Å². The van der Waals surface area contributed by atoms with E-state index in [1.54, 1.807) is 11.1 Å². The number of benzene rings is 3. The number of aromatic hydroxyl groups is 1. The number of nitrogens with zero attached hydrogens (tertiary/aromatic N) is 8. The fraction of sp³-hybridized carbons (Fsp3) is 0.508. The van der Waals surface area contributed by atoms with E-state index in [2.05, 4.69) is 63.7 Å². The van der Waals surface area contributed by atoms with Gasteiger partial charge in [-0.15, -0.1) is 6.42 Å². The minimum atomic E-state index is -0.744. The second kappa shape index (κ2) is 25.4. The highest BCUT2D eigenvalue weighted by Crippen LogP contribution is 2.40. The first-order chi connectivity index (χ1) is 39.1. The van der Waals surface area contributed by atoms with Gasteiger partial charge in [0.15, 0.2) is 5.82 Å². The molecule has 3 amide bonds. The lowest BCUT2D eigenvalue weighted by molar-refractivity contribution is -0.143. The van der Waals surface area contributed by atoms with Gasteiger partial charge in [0.1, 0.15) is 40.7 Å². The summed E-state index contributed by atoms with van der Waals surface area (Å²) in [6.07, 6.45) is 19.4. The number of phenolic OH excluding ortho intramolecular Hbond substituents is 1. The van der Waals surface area contributed by atoms with E-state index in [1.807, 2.05) is 46.0 Å². The molecule has 4 fully saturated rings. The molecule has 0 saturated carbocycles. The molecule has 2 bridgehead atoms. The van der Waals surface area contributed by atoms with Gasteiger partial charge in [0.2, 0.25) is 17.7 Å². The number of aliphatic imine (C=N–C) groups is 1. The van der Waals surface area contributed by atoms with Gasteiger partial charge in [0.05, 0.1) is 17.6 Å². The Morgan fingerprint density at radius 3 is 2.32 bits per heavy atom. The van der Waals surface area contributed by atoms with Crippen LogP contribution < -0.4 is 25.6 Å². The van der Waals surface area contributed by atoms with Crippen molar-refractivity contribution in [1.82, 2.24) is 45.6 Å². The highest BCUT2D eigenvalue weighted by atomic mass is 19.1. The van der Waals surface area contributed by atoms with Crippen LogP contribution in [0.15, 0.2) is 65.4 Å². The normalized spacial score (nSPS) is 19.9. The highest BCUT2D eigenvalue weighted by molar-refractivity contribution is 6.03. The minimum absolute atomic E-state index is 0.0218. The number of unbranched alkanes of at least 4 members (excludes halogenated alkanes) is 4. The second-order valence-electron chi connectivity index (χ2n) is 23.7. The molecule has 81 heavy (non-hydrogen) atoms. The van der Waals surface area contributed by atoms with E-state index < -0.39 is 29.1 Å². The Labute approximate surface area is 474 Å². The van der Waals surface area contributed by atoms with Gasteiger partial charge >= 0.3 is 6.01 Å². The predicted molar refractivity (Wildman–Crippen MR) is 313 cm³/mol. The summed E-state index contributed by atoms with van der Waals surface area (Å²) in [5.74, 6) is 0.927. The standard InChI is InChI=1S/C63H77F2N11O5/c1-6-47-51(64)23-20-43-34-46(77)35-49(54(43)47)56-55(65)57-50(37-67-56)59(75-38-44-21-22-45(39-75)69-44)72-62(71-57)81-33-13-27-74-31-29-73(30-32-74)26-11-9-7-8-10-15-53(78)70-58(63(3,4)5)61(80)76-28-12-14-52(76)60(79)68-36-41-16-18-42(19-17-41)48-24-25-66-40(48)2/h1,16-20,23,25,34-35,37,44-45,52,58,69,77H,7-15,21-22,24,26-33,36,38-39H2,2-5H3,(H,68,79)(H,70,78)/t44?,45?,52-,58?/m0/s1. The third-order valence-electron chi connectivity index (χ3n) is 16.8. The Bertz CT molecular complexity index is 3230. The van der Waals surface area contributed by atoms with Gasteiger partial charge in [-0.05, 0) is 104 Å². The zero-order valence-electron chi connectivity index (χ0n) is 47.3. The van der Waals surface area contributed by atoms with Crippen molar-refractivity contribution in [3.05, 3.63) is 88.7 Å². The fourth-order valence-electron chi connectivity index (χ4n) is 12.4. The number of ether oxygens (including phenoxy) is 1. The molecule has 4 saturated heterocycles. The molecule has 3 aromatic carbocycles. The van der Waals surface area contributed by atoms with Crippen LogP contribution in [0.5, 0.6) is 11.8 Å². The van der Waals surface area contributed by atoms with Crippen molar-refractivity contribution in [3.63, 3.8) is 0 Å². The molecule has 4 N–H and O–H groups in total. The topological polar surface area (TPSA) is 181 Å². The largest absolute Gasteiger partial charge is 0.508 e. The SMILES string of the molecule is C#Cc1c(F)ccc2cc(O)cc(-c3ncc4c(N5CC6CCC(C5)N6)nc(OCCCN5CCN(CCCCCCCC(=O)NC(C(=O)N6CCC[C@H]6C(=O)NCc6ccc(C7=C(C)N=CC7)cc6)C(C)(C)C)CC5)nc4c3F)c12. The number of likely N-dealkylation sites (tertiary alicyclic amines) is 1. The smallest absolute Gasteiger partial charge is 0.319 e. The number of piperazine rings is 2. The third kappa shape index (κ3) is 13.3. The van der Waals surface area contributed by atoms with Gasteiger partial charge in [0.25, 0.3) is 0 Å². The van der Waals surface area contributed by atoms with E-state index in [0.717, 1.165) is 120 Å². The highest BCUT2D eigenvalue weighted by Gasteiger charge is 2.42. The molecule has 4 atom stereocenters. The van der Waals surface area contributed by atoms with Crippen LogP contribution in [0, 0.1) is 29.4 Å². The van der Waals surface area contributed by atoms with E-state index >= 15 is 8.78 Å². The molecule has 0 aliphatic carbocycles. The van der Waals surface area contributed by atoms with Crippen LogP contribution in [0.2, 0.25) is 0 Å². The molecule has 0 spiro atoms. The minimum Gasteiger partial charge on any atom is -0.508 e. The van der Waals surface area contributed by atoms with E-state index in [0.29, 0.717) is 74.3 Å². The zero-order chi connectivity index (χ0) is 56.8. The van der Waals surface area contributed by atoms with Crippen molar-refractivity contribution in [1.29, 1.82) is 0 Å². The number of rotatable bonds is 21. The number of anilines is 1. The first-order valence-corrected chi connectivity index (χ1v) is 29.2. The molecular weight excluding hydrogens is 1030 g/mol. The van der Waals surface area contributed by atoms with Gasteiger partial charge < -0.3 is 45.4 Å². The van der Waals surface area contributed by atoms with Crippen LogP contribution in [0.25, 0.3) is 38.5 Å². The summed E-state index contributed by atoms with van der Waals surface area (Å²) in [6.45, 7) is 16.2. The molecule has 10 rings (SSSR count). The predicted octanol–water partition coefficient (Wildman–Crippen LogP) is 8.52. The molecule has 0 radical (unpaired) electrons. The number of pyridine rings is 1. The lowest BCUT2D eigenvalue weighted by Crippen LogP contribution is -2.57. The van der Waals surface area contributed by atoms with Gasteiger partial charge in [-0.1, -0.05) is 76.3 Å². The Morgan fingerprint density at radius 2 is 1.62 bits per heavy atom.